The van der Waals surface area contributed by atoms with E-state index in [-0.39, 0.29) is 17.4 Å². The molecule has 3 rings (SSSR count). The number of pyridine rings is 1. The average Bonchev–Trinajstić information content (AvgIpc) is 2.41. The summed E-state index contributed by atoms with van der Waals surface area (Å²) in [5, 5.41) is 0. The van der Waals surface area contributed by atoms with Gasteiger partial charge in [-0.05, 0) is 45.6 Å². The van der Waals surface area contributed by atoms with Crippen LogP contribution in [0.1, 0.15) is 39.2 Å². The topological polar surface area (TPSA) is 51.7 Å². The molecule has 0 unspecified atom stereocenters. The molecule has 1 aromatic rings. The number of likely N-dealkylation sites (tertiary alicyclic amines) is 1. The number of aromatic nitrogens is 1. The average molecular weight is 372 g/mol. The number of ether oxygens (including phenoxy) is 2. The predicted octanol–water partition coefficient (Wildman–Crippen LogP) is 4.13. The van der Waals surface area contributed by atoms with E-state index < -0.39 is 17.3 Å². The fraction of sp³-hybridized carbons (Fsp3) is 0.667. The molecule has 1 saturated heterocycles. The molecule has 0 atom stereocenters. The van der Waals surface area contributed by atoms with Crippen molar-refractivity contribution in [2.75, 3.05) is 19.7 Å². The van der Waals surface area contributed by atoms with Gasteiger partial charge >= 0.3 is 12.3 Å². The molecule has 1 aliphatic heterocycles. The zero-order valence-corrected chi connectivity index (χ0v) is 15.1. The van der Waals surface area contributed by atoms with E-state index in [4.69, 9.17) is 9.47 Å². The lowest BCUT2D eigenvalue weighted by Crippen LogP contribution is -2.64. The summed E-state index contributed by atoms with van der Waals surface area (Å²) in [5.74, 6) is 0.530. The Labute approximate surface area is 150 Å². The summed E-state index contributed by atoms with van der Waals surface area (Å²) in [6, 6.07) is 2.21. The lowest BCUT2D eigenvalue weighted by atomic mass is 9.58. The third kappa shape index (κ3) is 4.22. The van der Waals surface area contributed by atoms with Gasteiger partial charge in [-0.2, -0.15) is 13.2 Å². The van der Waals surface area contributed by atoms with Gasteiger partial charge in [0.1, 0.15) is 5.60 Å². The van der Waals surface area contributed by atoms with Gasteiger partial charge in [0, 0.05) is 30.8 Å². The lowest BCUT2D eigenvalue weighted by Gasteiger charge is -2.58. The van der Waals surface area contributed by atoms with E-state index in [0.717, 1.165) is 25.1 Å². The predicted molar refractivity (Wildman–Crippen MR) is 87.7 cm³/mol. The first-order chi connectivity index (χ1) is 12.0. The zero-order chi connectivity index (χ0) is 19.2. The summed E-state index contributed by atoms with van der Waals surface area (Å²) < 4.78 is 48.3. The van der Waals surface area contributed by atoms with E-state index in [9.17, 15) is 18.0 Å². The molecule has 0 radical (unpaired) electrons. The molecule has 2 aliphatic rings. The summed E-state index contributed by atoms with van der Waals surface area (Å²) in [6.07, 6.45) is -2.02. The highest BCUT2D eigenvalue weighted by atomic mass is 19.4. The number of alkyl halides is 3. The smallest absolute Gasteiger partial charge is 0.417 e. The van der Waals surface area contributed by atoms with Crippen molar-refractivity contribution in [3.63, 3.8) is 0 Å². The van der Waals surface area contributed by atoms with Crippen molar-refractivity contribution in [1.82, 2.24) is 9.88 Å². The molecule has 2 fully saturated rings. The van der Waals surface area contributed by atoms with Crippen molar-refractivity contribution in [2.24, 2.45) is 11.3 Å². The Hall–Kier alpha value is -1.99. The fourth-order valence-corrected chi connectivity index (χ4v) is 3.60. The molecule has 8 heteroatoms. The highest BCUT2D eigenvalue weighted by molar-refractivity contribution is 5.69. The molecule has 0 aromatic carbocycles. The molecule has 144 valence electrons. The number of amides is 1. The number of hydrogen-bond acceptors (Lipinski definition) is 4. The molecular formula is C18H23F3N2O3. The Morgan fingerprint density at radius 1 is 1.27 bits per heavy atom. The Kier molecular flexibility index (Phi) is 4.56. The van der Waals surface area contributed by atoms with Crippen LogP contribution in [0.4, 0.5) is 18.0 Å². The van der Waals surface area contributed by atoms with Crippen LogP contribution in [-0.4, -0.2) is 41.3 Å². The molecule has 0 bridgehead atoms. The van der Waals surface area contributed by atoms with Crippen LogP contribution in [0.15, 0.2) is 18.3 Å². The number of halogens is 3. The lowest BCUT2D eigenvalue weighted by molar-refractivity contribution is -0.137. The largest absolute Gasteiger partial charge is 0.477 e. The Morgan fingerprint density at radius 2 is 1.92 bits per heavy atom. The number of nitrogens with zero attached hydrogens (tertiary/aromatic N) is 2. The minimum Gasteiger partial charge on any atom is -0.477 e. The Bertz CT molecular complexity index is 654. The first-order valence-electron chi connectivity index (χ1n) is 8.60. The maximum atomic E-state index is 12.5. The number of rotatable bonds is 3. The van der Waals surface area contributed by atoms with E-state index in [1.54, 1.807) is 4.90 Å². The minimum absolute atomic E-state index is 0.151. The van der Waals surface area contributed by atoms with Gasteiger partial charge in [0.05, 0.1) is 12.2 Å². The third-order valence-electron chi connectivity index (χ3n) is 4.68. The first kappa shape index (κ1) is 18.8. The van der Waals surface area contributed by atoms with Gasteiger partial charge in [0.25, 0.3) is 0 Å². The first-order valence-corrected chi connectivity index (χ1v) is 8.60. The number of hydrogen-bond donors (Lipinski definition) is 0. The molecule has 26 heavy (non-hydrogen) atoms. The van der Waals surface area contributed by atoms with E-state index in [1.165, 1.54) is 6.07 Å². The van der Waals surface area contributed by atoms with Crippen LogP contribution in [0.5, 0.6) is 5.88 Å². The molecule has 5 nitrogen and oxygen atoms in total. The highest BCUT2D eigenvalue weighted by Gasteiger charge is 2.54. The third-order valence-corrected chi connectivity index (χ3v) is 4.68. The second-order valence-corrected chi connectivity index (χ2v) is 8.30. The van der Waals surface area contributed by atoms with E-state index in [1.807, 2.05) is 20.8 Å². The minimum atomic E-state index is -4.39. The van der Waals surface area contributed by atoms with Gasteiger partial charge in [-0.25, -0.2) is 9.78 Å². The zero-order valence-electron chi connectivity index (χ0n) is 15.1. The maximum absolute atomic E-state index is 12.5. The van der Waals surface area contributed by atoms with Gasteiger partial charge in [0.15, 0.2) is 0 Å². The Balaban J connectivity index is 1.38. The molecule has 1 saturated carbocycles. The van der Waals surface area contributed by atoms with Gasteiger partial charge in [-0.1, -0.05) is 0 Å². The van der Waals surface area contributed by atoms with Crippen LogP contribution >= 0.6 is 0 Å². The normalized spacial score (nSPS) is 19.7. The molecule has 2 heterocycles. The van der Waals surface area contributed by atoms with Gasteiger partial charge in [0.2, 0.25) is 5.88 Å². The van der Waals surface area contributed by atoms with Crippen LogP contribution in [0.3, 0.4) is 0 Å². The summed E-state index contributed by atoms with van der Waals surface area (Å²) in [6.45, 7) is 7.33. The van der Waals surface area contributed by atoms with E-state index >= 15 is 0 Å². The standard InChI is InChI=1S/C18H23F3N2O3/c1-16(2,3)26-15(24)23-10-17(11-23)6-12(7-17)9-25-14-5-4-13(8-22-14)18(19,20)21/h4-5,8,12H,6-7,9-11H2,1-3H3. The summed E-state index contributed by atoms with van der Waals surface area (Å²) >= 11 is 0. The second-order valence-electron chi connectivity index (χ2n) is 8.30. The van der Waals surface area contributed by atoms with Crippen LogP contribution in [-0.2, 0) is 10.9 Å². The summed E-state index contributed by atoms with van der Waals surface area (Å²) in [5.41, 5.74) is -1.13. The van der Waals surface area contributed by atoms with Crippen LogP contribution < -0.4 is 4.74 Å². The van der Waals surface area contributed by atoms with E-state index in [0.29, 0.717) is 25.6 Å². The summed E-state index contributed by atoms with van der Waals surface area (Å²) in [4.78, 5) is 17.4. The molecule has 1 aromatic heterocycles. The van der Waals surface area contributed by atoms with Crippen LogP contribution in [0, 0.1) is 11.3 Å². The SMILES string of the molecule is CC(C)(C)OC(=O)N1CC2(CC(COc3ccc(C(F)(F)F)cn3)C2)C1. The van der Waals surface area contributed by atoms with Gasteiger partial charge < -0.3 is 14.4 Å². The van der Waals surface area contributed by atoms with E-state index in [2.05, 4.69) is 4.98 Å². The van der Waals surface area contributed by atoms with Crippen molar-refractivity contribution < 1.29 is 27.4 Å². The van der Waals surface area contributed by atoms with Crippen molar-refractivity contribution in [3.8, 4) is 5.88 Å². The number of carbonyl (C=O) groups is 1. The van der Waals surface area contributed by atoms with Gasteiger partial charge in [-0.3, -0.25) is 0 Å². The van der Waals surface area contributed by atoms with Gasteiger partial charge in [-0.15, -0.1) is 0 Å². The molecule has 1 amide bonds. The number of carbonyl (C=O) groups excluding carboxylic acids is 1. The van der Waals surface area contributed by atoms with Crippen molar-refractivity contribution in [1.29, 1.82) is 0 Å². The highest BCUT2D eigenvalue weighted by Crippen LogP contribution is 2.52. The van der Waals surface area contributed by atoms with Crippen LogP contribution in [0.2, 0.25) is 0 Å². The van der Waals surface area contributed by atoms with Crippen LogP contribution in [0.25, 0.3) is 0 Å². The quantitative estimate of drug-likeness (QED) is 0.801. The Morgan fingerprint density at radius 3 is 2.42 bits per heavy atom. The molecule has 1 spiro atoms. The van der Waals surface area contributed by atoms with Crippen molar-refractivity contribution in [3.05, 3.63) is 23.9 Å². The molecule has 0 N–H and O–H groups in total. The van der Waals surface area contributed by atoms with Crippen molar-refractivity contribution in [2.45, 2.75) is 45.4 Å². The molecular weight excluding hydrogens is 349 g/mol. The second kappa shape index (κ2) is 6.32. The summed E-state index contributed by atoms with van der Waals surface area (Å²) in [7, 11) is 0. The maximum Gasteiger partial charge on any atom is 0.417 e. The van der Waals surface area contributed by atoms with Crippen molar-refractivity contribution >= 4 is 6.09 Å². The fourth-order valence-electron chi connectivity index (χ4n) is 3.60. The monoisotopic (exact) mass is 372 g/mol. The molecule has 1 aliphatic carbocycles.